The van der Waals surface area contributed by atoms with Crippen LogP contribution in [0.1, 0.15) is 51.4 Å². The molecule has 3 N–H and O–H groups in total. The molecule has 190 valence electrons. The number of hydrogen-bond donors (Lipinski definition) is 2. The maximum Gasteiger partial charge on any atom is 0.421 e. The van der Waals surface area contributed by atoms with Crippen molar-refractivity contribution in [3.05, 3.63) is 54.1 Å². The van der Waals surface area contributed by atoms with Crippen molar-refractivity contribution < 1.29 is 17.9 Å². The highest BCUT2D eigenvalue weighted by Gasteiger charge is 2.20. The number of nitrogens with two attached hydrogens (primary N) is 1. The van der Waals surface area contributed by atoms with Gasteiger partial charge in [0.25, 0.3) is 0 Å². The Hall–Kier alpha value is -3.25. The SMILES string of the molecule is CC(C)(C)OC(=O)n1cc(CCCCCc2cn(CCNS(=O)(=O)c3ccccc3)nn2)nc1N. The number of imidazole rings is 1. The Morgan fingerprint density at radius 2 is 1.74 bits per heavy atom. The van der Waals surface area contributed by atoms with E-state index in [1.165, 1.54) is 4.57 Å². The average Bonchev–Trinajstić information content (AvgIpc) is 3.39. The highest BCUT2D eigenvalue weighted by atomic mass is 32.2. The number of carbonyl (C=O) groups excluding carboxylic acids is 1. The van der Waals surface area contributed by atoms with Crippen LogP contribution in [-0.4, -0.2) is 51.2 Å². The molecule has 3 rings (SSSR count). The first-order valence-corrected chi connectivity index (χ1v) is 13.0. The Morgan fingerprint density at radius 1 is 1.06 bits per heavy atom. The van der Waals surface area contributed by atoms with Crippen LogP contribution in [0.4, 0.5) is 10.7 Å². The van der Waals surface area contributed by atoms with Gasteiger partial charge in [-0.1, -0.05) is 29.8 Å². The van der Waals surface area contributed by atoms with Crippen molar-refractivity contribution in [2.24, 2.45) is 0 Å². The molecule has 0 fully saturated rings. The molecule has 2 heterocycles. The summed E-state index contributed by atoms with van der Waals surface area (Å²) in [6.07, 6.45) is 7.15. The number of hydrogen-bond acceptors (Lipinski definition) is 8. The fourth-order valence-electron chi connectivity index (χ4n) is 3.35. The summed E-state index contributed by atoms with van der Waals surface area (Å²) in [5, 5.41) is 8.23. The van der Waals surface area contributed by atoms with Crippen molar-refractivity contribution in [2.45, 2.75) is 69.9 Å². The Bertz CT molecular complexity index is 1210. The summed E-state index contributed by atoms with van der Waals surface area (Å²) in [4.78, 5) is 16.7. The summed E-state index contributed by atoms with van der Waals surface area (Å²) < 4.78 is 35.3. The van der Waals surface area contributed by atoms with Crippen LogP contribution in [0.3, 0.4) is 0 Å². The molecule has 0 unspecified atom stereocenters. The molecule has 0 atom stereocenters. The van der Waals surface area contributed by atoms with E-state index in [-0.39, 0.29) is 17.4 Å². The fourth-order valence-corrected chi connectivity index (χ4v) is 4.39. The summed E-state index contributed by atoms with van der Waals surface area (Å²) in [6, 6.07) is 8.25. The highest BCUT2D eigenvalue weighted by molar-refractivity contribution is 7.89. The Morgan fingerprint density at radius 3 is 2.43 bits per heavy atom. The number of carbonyl (C=O) groups is 1. The number of nitrogen functional groups attached to an aromatic ring is 1. The first-order valence-electron chi connectivity index (χ1n) is 11.5. The third-order valence-corrected chi connectivity index (χ3v) is 6.49. The molecule has 1 aromatic carbocycles. The van der Waals surface area contributed by atoms with Gasteiger partial charge in [0.05, 0.1) is 22.8 Å². The minimum Gasteiger partial charge on any atom is -0.443 e. The molecule has 0 radical (unpaired) electrons. The molecular formula is C23H33N7O4S. The standard InChI is InChI=1S/C23H33N7O4S/c1-23(2,3)34-22(31)30-17-18(26-21(30)24)10-6-4-7-11-19-16-29(28-27-19)15-14-25-35(32,33)20-12-8-5-9-13-20/h5,8-9,12-13,16-17,25H,4,6-7,10-11,14-15H2,1-3H3,(H2,24,26). The molecule has 0 aliphatic heterocycles. The monoisotopic (exact) mass is 503 g/mol. The molecule has 35 heavy (non-hydrogen) atoms. The third-order valence-electron chi connectivity index (χ3n) is 5.01. The van der Waals surface area contributed by atoms with Gasteiger partial charge in [0, 0.05) is 18.9 Å². The van der Waals surface area contributed by atoms with Gasteiger partial charge in [0.15, 0.2) is 0 Å². The number of aromatic nitrogens is 5. The van der Waals surface area contributed by atoms with E-state index in [2.05, 4.69) is 20.0 Å². The van der Waals surface area contributed by atoms with E-state index in [1.54, 1.807) is 62.0 Å². The van der Waals surface area contributed by atoms with Crippen molar-refractivity contribution in [1.82, 2.24) is 29.3 Å². The lowest BCUT2D eigenvalue weighted by Crippen LogP contribution is -2.27. The number of sulfonamides is 1. The molecule has 0 saturated carbocycles. The minimum atomic E-state index is -3.53. The molecule has 3 aromatic rings. The molecule has 0 amide bonds. The largest absolute Gasteiger partial charge is 0.443 e. The number of ether oxygens (including phenoxy) is 1. The van der Waals surface area contributed by atoms with Gasteiger partial charge in [0.2, 0.25) is 16.0 Å². The maximum atomic E-state index is 12.2. The highest BCUT2D eigenvalue weighted by Crippen LogP contribution is 2.14. The van der Waals surface area contributed by atoms with Crippen molar-refractivity contribution in [3.8, 4) is 0 Å². The third kappa shape index (κ3) is 8.18. The van der Waals surface area contributed by atoms with Crippen LogP contribution in [0.2, 0.25) is 0 Å². The molecule has 0 spiro atoms. The lowest BCUT2D eigenvalue weighted by Gasteiger charge is -2.19. The van der Waals surface area contributed by atoms with E-state index >= 15 is 0 Å². The van der Waals surface area contributed by atoms with Crippen molar-refractivity contribution in [3.63, 3.8) is 0 Å². The quantitative estimate of drug-likeness (QED) is 0.380. The van der Waals surface area contributed by atoms with Crippen LogP contribution in [0, 0.1) is 0 Å². The normalized spacial score (nSPS) is 12.1. The number of nitrogens with zero attached hydrogens (tertiary/aromatic N) is 5. The molecule has 0 aliphatic carbocycles. The van der Waals surface area contributed by atoms with E-state index in [0.717, 1.165) is 37.1 Å². The summed E-state index contributed by atoms with van der Waals surface area (Å²) in [6.45, 7) is 6.00. The van der Waals surface area contributed by atoms with Gasteiger partial charge in [0.1, 0.15) is 5.60 Å². The van der Waals surface area contributed by atoms with E-state index in [4.69, 9.17) is 10.5 Å². The summed E-state index contributed by atoms with van der Waals surface area (Å²) in [5.41, 5.74) is 6.85. The fraction of sp³-hybridized carbons (Fsp3) is 0.478. The first kappa shape index (κ1) is 26.4. The molecule has 0 saturated heterocycles. The zero-order chi connectivity index (χ0) is 25.5. The van der Waals surface area contributed by atoms with Gasteiger partial charge in [-0.3, -0.25) is 4.68 Å². The maximum absolute atomic E-state index is 12.2. The number of aryl methyl sites for hydroxylation is 2. The van der Waals surface area contributed by atoms with Gasteiger partial charge < -0.3 is 10.5 Å². The van der Waals surface area contributed by atoms with Crippen molar-refractivity contribution in [2.75, 3.05) is 12.3 Å². The smallest absolute Gasteiger partial charge is 0.421 e. The predicted octanol–water partition coefficient (Wildman–Crippen LogP) is 2.77. The zero-order valence-corrected chi connectivity index (χ0v) is 21.2. The zero-order valence-electron chi connectivity index (χ0n) is 20.3. The van der Waals surface area contributed by atoms with Crippen molar-refractivity contribution in [1.29, 1.82) is 0 Å². The Labute approximate surface area is 205 Å². The number of anilines is 1. The van der Waals surface area contributed by atoms with Crippen LogP contribution < -0.4 is 10.5 Å². The van der Waals surface area contributed by atoms with E-state index in [0.29, 0.717) is 13.0 Å². The number of rotatable bonds is 11. The van der Waals surface area contributed by atoms with Gasteiger partial charge in [-0.2, -0.15) is 0 Å². The second-order valence-corrected chi connectivity index (χ2v) is 11.0. The second-order valence-electron chi connectivity index (χ2n) is 9.19. The molecule has 12 heteroatoms. The van der Waals surface area contributed by atoms with E-state index in [9.17, 15) is 13.2 Å². The Kier molecular flexibility index (Phi) is 8.62. The van der Waals surface area contributed by atoms with Crippen LogP contribution in [0.5, 0.6) is 0 Å². The summed E-state index contributed by atoms with van der Waals surface area (Å²) in [7, 11) is -3.53. The Balaban J connectivity index is 1.36. The summed E-state index contributed by atoms with van der Waals surface area (Å²) in [5.74, 6) is 0.122. The lowest BCUT2D eigenvalue weighted by molar-refractivity contribution is 0.0540. The molecule has 0 bridgehead atoms. The van der Waals surface area contributed by atoms with Gasteiger partial charge >= 0.3 is 6.09 Å². The van der Waals surface area contributed by atoms with Crippen LogP contribution in [-0.2, 0) is 34.1 Å². The van der Waals surface area contributed by atoms with Gasteiger partial charge in [-0.05, 0) is 58.6 Å². The van der Waals surface area contributed by atoms with E-state index < -0.39 is 21.7 Å². The van der Waals surface area contributed by atoms with Crippen molar-refractivity contribution >= 4 is 22.1 Å². The number of benzene rings is 1. The van der Waals surface area contributed by atoms with Crippen LogP contribution >= 0.6 is 0 Å². The number of nitrogens with one attached hydrogen (secondary N) is 1. The van der Waals surface area contributed by atoms with Gasteiger partial charge in [-0.25, -0.2) is 27.5 Å². The molecule has 11 nitrogen and oxygen atoms in total. The average molecular weight is 504 g/mol. The molecule has 2 aromatic heterocycles. The van der Waals surface area contributed by atoms with Crippen LogP contribution in [0.25, 0.3) is 0 Å². The number of unbranched alkanes of at least 4 members (excludes halogenated alkanes) is 2. The van der Waals surface area contributed by atoms with Crippen LogP contribution in [0.15, 0.2) is 47.6 Å². The predicted molar refractivity (Wildman–Crippen MR) is 131 cm³/mol. The first-order chi connectivity index (χ1) is 16.5. The topological polar surface area (TPSA) is 147 Å². The summed E-state index contributed by atoms with van der Waals surface area (Å²) >= 11 is 0. The lowest BCUT2D eigenvalue weighted by atomic mass is 10.1. The molecular weight excluding hydrogens is 470 g/mol. The van der Waals surface area contributed by atoms with Gasteiger partial charge in [-0.15, -0.1) is 5.10 Å². The second kappa shape index (κ2) is 11.5. The van der Waals surface area contributed by atoms with E-state index in [1.807, 2.05) is 6.20 Å². The molecule has 0 aliphatic rings. The minimum absolute atomic E-state index is 0.122.